The number of hydrogen-bond donors (Lipinski definition) is 1. The monoisotopic (exact) mass is 284 g/mol. The van der Waals surface area contributed by atoms with Crippen molar-refractivity contribution < 1.29 is 8.94 Å². The van der Waals surface area contributed by atoms with Gasteiger partial charge in [-0.05, 0) is 19.1 Å². The van der Waals surface area contributed by atoms with Crippen LogP contribution in [0, 0.1) is 0 Å². The van der Waals surface area contributed by atoms with Gasteiger partial charge < -0.3 is 14.3 Å². The Morgan fingerprint density at radius 1 is 1.53 bits per heavy atom. The van der Waals surface area contributed by atoms with Crippen molar-refractivity contribution in [1.82, 2.24) is 20.4 Å². The zero-order valence-corrected chi connectivity index (χ0v) is 11.5. The third-order valence-electron chi connectivity index (χ3n) is 3.19. The highest BCUT2D eigenvalue weighted by Gasteiger charge is 2.21. The Morgan fingerprint density at radius 2 is 2.42 bits per heavy atom. The van der Waals surface area contributed by atoms with Crippen molar-refractivity contribution in [1.29, 1.82) is 0 Å². The van der Waals surface area contributed by atoms with Gasteiger partial charge in [-0.15, -0.1) is 12.4 Å². The molecule has 0 aromatic carbocycles. The van der Waals surface area contributed by atoms with Crippen LogP contribution in [-0.2, 0) is 6.54 Å². The molecule has 0 amide bonds. The third kappa shape index (κ3) is 3.15. The smallest absolute Gasteiger partial charge is 0.241 e. The first-order chi connectivity index (χ1) is 8.83. The van der Waals surface area contributed by atoms with E-state index in [9.17, 15) is 0 Å². The van der Waals surface area contributed by atoms with Gasteiger partial charge in [0.15, 0.2) is 5.76 Å². The number of nitrogens with zero attached hydrogens (tertiary/aromatic N) is 3. The lowest BCUT2D eigenvalue weighted by molar-refractivity contribution is 0.146. The van der Waals surface area contributed by atoms with Gasteiger partial charge in [-0.25, -0.2) is 0 Å². The molecular weight excluding hydrogens is 268 g/mol. The second kappa shape index (κ2) is 6.18. The van der Waals surface area contributed by atoms with E-state index in [0.717, 1.165) is 19.6 Å². The molecule has 3 rings (SSSR count). The van der Waals surface area contributed by atoms with Crippen molar-refractivity contribution >= 4 is 12.4 Å². The van der Waals surface area contributed by atoms with Crippen LogP contribution in [-0.4, -0.2) is 40.7 Å². The maximum absolute atomic E-state index is 5.26. The fraction of sp³-hybridized carbons (Fsp3) is 0.500. The first kappa shape index (κ1) is 14.0. The van der Waals surface area contributed by atoms with Crippen molar-refractivity contribution in [3.63, 3.8) is 0 Å². The highest BCUT2D eigenvalue weighted by molar-refractivity contribution is 5.85. The van der Waals surface area contributed by atoms with E-state index < -0.39 is 0 Å². The van der Waals surface area contributed by atoms with Gasteiger partial charge in [0.05, 0.1) is 12.8 Å². The molecule has 1 atom stereocenters. The molecule has 3 heterocycles. The molecule has 0 aliphatic carbocycles. The second-order valence-electron chi connectivity index (χ2n) is 4.51. The second-order valence-corrected chi connectivity index (χ2v) is 4.51. The largest absolute Gasteiger partial charge is 0.461 e. The van der Waals surface area contributed by atoms with Crippen LogP contribution in [0.4, 0.5) is 0 Å². The number of nitrogens with one attached hydrogen (secondary N) is 1. The average molecular weight is 285 g/mol. The standard InChI is InChI=1S/C12H16N4O2.ClH/c1-9-7-13-4-5-16(9)8-11-14-12(15-18-11)10-3-2-6-17-10;/h2-3,6,9,13H,4-5,7-8H2,1H3;1H/t9-;/m1./s1. The normalized spacial score (nSPS) is 20.2. The summed E-state index contributed by atoms with van der Waals surface area (Å²) >= 11 is 0. The quantitative estimate of drug-likeness (QED) is 0.922. The summed E-state index contributed by atoms with van der Waals surface area (Å²) in [5, 5.41) is 7.28. The van der Waals surface area contributed by atoms with Crippen molar-refractivity contribution in [2.24, 2.45) is 0 Å². The van der Waals surface area contributed by atoms with Crippen LogP contribution in [0.3, 0.4) is 0 Å². The van der Waals surface area contributed by atoms with Crippen LogP contribution < -0.4 is 5.32 Å². The van der Waals surface area contributed by atoms with Gasteiger partial charge in [-0.3, -0.25) is 4.90 Å². The molecule has 1 N–H and O–H groups in total. The molecule has 1 aliphatic heterocycles. The van der Waals surface area contributed by atoms with Crippen LogP contribution in [0.5, 0.6) is 0 Å². The summed E-state index contributed by atoms with van der Waals surface area (Å²) in [6.07, 6.45) is 1.60. The van der Waals surface area contributed by atoms with Gasteiger partial charge in [-0.1, -0.05) is 5.16 Å². The minimum Gasteiger partial charge on any atom is -0.461 e. The maximum Gasteiger partial charge on any atom is 0.241 e. The lowest BCUT2D eigenvalue weighted by Gasteiger charge is -2.32. The zero-order valence-electron chi connectivity index (χ0n) is 10.7. The minimum atomic E-state index is 0. The maximum atomic E-state index is 5.26. The van der Waals surface area contributed by atoms with E-state index in [1.54, 1.807) is 6.26 Å². The molecule has 0 saturated carbocycles. The number of aromatic nitrogens is 2. The van der Waals surface area contributed by atoms with Crippen LogP contribution in [0.2, 0.25) is 0 Å². The third-order valence-corrected chi connectivity index (χ3v) is 3.19. The Bertz CT molecular complexity index is 500. The fourth-order valence-electron chi connectivity index (χ4n) is 2.12. The zero-order chi connectivity index (χ0) is 12.4. The molecule has 1 saturated heterocycles. The van der Waals surface area contributed by atoms with Gasteiger partial charge in [0.1, 0.15) is 0 Å². The van der Waals surface area contributed by atoms with E-state index in [1.165, 1.54) is 0 Å². The number of piperazine rings is 1. The van der Waals surface area contributed by atoms with Gasteiger partial charge in [-0.2, -0.15) is 4.98 Å². The first-order valence-electron chi connectivity index (χ1n) is 6.14. The molecule has 0 bridgehead atoms. The minimum absolute atomic E-state index is 0. The predicted molar refractivity (Wildman–Crippen MR) is 72.0 cm³/mol. The van der Waals surface area contributed by atoms with Gasteiger partial charge in [0.25, 0.3) is 0 Å². The Balaban J connectivity index is 0.00000133. The predicted octanol–water partition coefficient (Wildman–Crippen LogP) is 1.55. The molecule has 19 heavy (non-hydrogen) atoms. The number of rotatable bonds is 3. The molecular formula is C12H17ClN4O2. The first-order valence-corrected chi connectivity index (χ1v) is 6.14. The number of halogens is 1. The summed E-state index contributed by atoms with van der Waals surface area (Å²) in [6.45, 7) is 5.88. The molecule has 0 spiro atoms. The highest BCUT2D eigenvalue weighted by atomic mass is 35.5. The Kier molecular flexibility index (Phi) is 4.57. The summed E-state index contributed by atoms with van der Waals surface area (Å²) < 4.78 is 10.5. The summed E-state index contributed by atoms with van der Waals surface area (Å²) in [4.78, 5) is 6.68. The average Bonchev–Trinajstić information content (AvgIpc) is 3.02. The molecule has 2 aromatic heterocycles. The number of hydrogen-bond acceptors (Lipinski definition) is 6. The van der Waals surface area contributed by atoms with E-state index in [2.05, 4.69) is 27.3 Å². The summed E-state index contributed by atoms with van der Waals surface area (Å²) in [6, 6.07) is 4.11. The highest BCUT2D eigenvalue weighted by Crippen LogP contribution is 2.17. The van der Waals surface area contributed by atoms with E-state index in [0.29, 0.717) is 30.1 Å². The lowest BCUT2D eigenvalue weighted by Crippen LogP contribution is -2.49. The van der Waals surface area contributed by atoms with Crippen molar-refractivity contribution in [2.75, 3.05) is 19.6 Å². The Morgan fingerprint density at radius 3 is 3.16 bits per heavy atom. The van der Waals surface area contributed by atoms with Crippen LogP contribution >= 0.6 is 12.4 Å². The van der Waals surface area contributed by atoms with Gasteiger partial charge >= 0.3 is 0 Å². The summed E-state index contributed by atoms with van der Waals surface area (Å²) in [5.74, 6) is 1.78. The van der Waals surface area contributed by atoms with Crippen LogP contribution in [0.15, 0.2) is 27.3 Å². The SMILES string of the molecule is C[C@@H]1CNCCN1Cc1nc(-c2ccco2)no1.Cl. The summed E-state index contributed by atoms with van der Waals surface area (Å²) in [5.41, 5.74) is 0. The Hall–Kier alpha value is -1.37. The Labute approximate surface area is 117 Å². The van der Waals surface area contributed by atoms with Crippen molar-refractivity contribution in [3.8, 4) is 11.6 Å². The summed E-state index contributed by atoms with van der Waals surface area (Å²) in [7, 11) is 0. The molecule has 7 heteroatoms. The van der Waals surface area contributed by atoms with E-state index in [4.69, 9.17) is 8.94 Å². The fourth-order valence-corrected chi connectivity index (χ4v) is 2.12. The molecule has 1 aliphatic rings. The van der Waals surface area contributed by atoms with Crippen LogP contribution in [0.1, 0.15) is 12.8 Å². The molecule has 6 nitrogen and oxygen atoms in total. The molecule has 104 valence electrons. The van der Waals surface area contributed by atoms with Gasteiger partial charge in [0.2, 0.25) is 11.7 Å². The number of furan rings is 1. The van der Waals surface area contributed by atoms with E-state index in [1.807, 2.05) is 12.1 Å². The van der Waals surface area contributed by atoms with Crippen molar-refractivity contribution in [2.45, 2.75) is 19.5 Å². The molecule has 0 radical (unpaired) electrons. The van der Waals surface area contributed by atoms with Crippen molar-refractivity contribution in [3.05, 3.63) is 24.3 Å². The molecule has 0 unspecified atom stereocenters. The van der Waals surface area contributed by atoms with Crippen LogP contribution in [0.25, 0.3) is 11.6 Å². The lowest BCUT2D eigenvalue weighted by atomic mass is 10.2. The van der Waals surface area contributed by atoms with E-state index in [-0.39, 0.29) is 12.4 Å². The molecule has 1 fully saturated rings. The molecule has 2 aromatic rings. The topological polar surface area (TPSA) is 67.3 Å². The van der Waals surface area contributed by atoms with E-state index >= 15 is 0 Å². The van der Waals surface area contributed by atoms with Gasteiger partial charge in [0, 0.05) is 25.7 Å².